The fraction of sp³-hybridized carbons (Fsp3) is 0.333. The molecule has 1 heterocycles. The minimum atomic E-state index is 0.353. The van der Waals surface area contributed by atoms with Crippen molar-refractivity contribution in [1.82, 2.24) is 0 Å². The summed E-state index contributed by atoms with van der Waals surface area (Å²) >= 11 is 0. The maximum Gasteiger partial charge on any atom is 0.119 e. The quantitative estimate of drug-likeness (QED) is 0.889. The first-order chi connectivity index (χ1) is 9.69. The van der Waals surface area contributed by atoms with Crippen molar-refractivity contribution in [3.63, 3.8) is 0 Å². The fourth-order valence-electron chi connectivity index (χ4n) is 2.88. The van der Waals surface area contributed by atoms with Gasteiger partial charge in [0.25, 0.3) is 0 Å². The van der Waals surface area contributed by atoms with Gasteiger partial charge in [0.15, 0.2) is 0 Å². The molecular formula is C18H21NO. The predicted octanol–water partition coefficient (Wildman–Crippen LogP) is 4.41. The van der Waals surface area contributed by atoms with E-state index >= 15 is 0 Å². The second-order valence-electron chi connectivity index (χ2n) is 5.45. The number of nitrogens with one attached hydrogen (secondary N) is 1. The van der Waals surface area contributed by atoms with Crippen molar-refractivity contribution in [2.75, 3.05) is 11.9 Å². The van der Waals surface area contributed by atoms with Crippen molar-refractivity contribution in [1.29, 1.82) is 0 Å². The average Bonchev–Trinajstić information content (AvgIpc) is 2.89. The van der Waals surface area contributed by atoms with E-state index in [0.717, 1.165) is 12.2 Å². The van der Waals surface area contributed by atoms with E-state index in [9.17, 15) is 0 Å². The predicted molar refractivity (Wildman–Crippen MR) is 83.6 cm³/mol. The van der Waals surface area contributed by atoms with Crippen molar-refractivity contribution in [2.45, 2.75) is 33.2 Å². The number of fused-ring (bicyclic) bond motifs is 1. The van der Waals surface area contributed by atoms with Crippen LogP contribution in [0.15, 0.2) is 36.4 Å². The molecule has 2 aromatic rings. The summed E-state index contributed by atoms with van der Waals surface area (Å²) in [6, 6.07) is 13.2. The van der Waals surface area contributed by atoms with Gasteiger partial charge in [-0.3, -0.25) is 0 Å². The molecule has 0 bridgehead atoms. The number of hydrogen-bond donors (Lipinski definition) is 1. The average molecular weight is 267 g/mol. The normalized spacial score (nSPS) is 16.6. The Morgan fingerprint density at radius 1 is 1.20 bits per heavy atom. The van der Waals surface area contributed by atoms with Gasteiger partial charge in [-0.25, -0.2) is 0 Å². The van der Waals surface area contributed by atoms with Gasteiger partial charge in [0.2, 0.25) is 0 Å². The molecule has 0 amide bonds. The zero-order valence-corrected chi connectivity index (χ0v) is 12.4. The van der Waals surface area contributed by atoms with Crippen molar-refractivity contribution >= 4 is 5.69 Å². The Balaban J connectivity index is 1.88. The standard InChI is InChI=1S/C18H21NO/c1-4-20-16-7-5-6-14(10-16)17-11-15-9-8-12(2)13(3)18(15)19-17/h5-10,17,19H,4,11H2,1-3H3. The van der Waals surface area contributed by atoms with Gasteiger partial charge in [-0.1, -0.05) is 24.3 Å². The third kappa shape index (κ3) is 2.26. The van der Waals surface area contributed by atoms with Crippen LogP contribution in [0.5, 0.6) is 5.75 Å². The van der Waals surface area contributed by atoms with Crippen molar-refractivity contribution in [2.24, 2.45) is 0 Å². The Morgan fingerprint density at radius 3 is 2.85 bits per heavy atom. The lowest BCUT2D eigenvalue weighted by molar-refractivity contribution is 0.339. The van der Waals surface area contributed by atoms with Gasteiger partial charge in [0, 0.05) is 5.69 Å². The van der Waals surface area contributed by atoms with E-state index in [1.165, 1.54) is 27.9 Å². The smallest absolute Gasteiger partial charge is 0.119 e. The molecule has 2 nitrogen and oxygen atoms in total. The van der Waals surface area contributed by atoms with Crippen molar-refractivity contribution in [3.05, 3.63) is 58.7 Å². The largest absolute Gasteiger partial charge is 0.494 e. The van der Waals surface area contributed by atoms with E-state index in [2.05, 4.69) is 49.5 Å². The molecule has 20 heavy (non-hydrogen) atoms. The summed E-state index contributed by atoms with van der Waals surface area (Å²) < 4.78 is 5.60. The molecular weight excluding hydrogens is 246 g/mol. The molecule has 0 fully saturated rings. The van der Waals surface area contributed by atoms with Crippen LogP contribution in [-0.4, -0.2) is 6.61 Å². The molecule has 1 N–H and O–H groups in total. The lowest BCUT2D eigenvalue weighted by Gasteiger charge is -2.14. The first-order valence-corrected chi connectivity index (χ1v) is 7.27. The third-order valence-electron chi connectivity index (χ3n) is 4.14. The Morgan fingerprint density at radius 2 is 2.05 bits per heavy atom. The summed E-state index contributed by atoms with van der Waals surface area (Å²) in [5, 5.41) is 3.67. The maximum absolute atomic E-state index is 5.60. The SMILES string of the molecule is CCOc1cccc(C2Cc3ccc(C)c(C)c3N2)c1. The van der Waals surface area contributed by atoms with E-state index in [4.69, 9.17) is 4.74 Å². The van der Waals surface area contributed by atoms with Gasteiger partial charge in [0.1, 0.15) is 5.75 Å². The van der Waals surface area contributed by atoms with Gasteiger partial charge < -0.3 is 10.1 Å². The molecule has 0 saturated carbocycles. The molecule has 0 radical (unpaired) electrons. The van der Waals surface area contributed by atoms with Crippen LogP contribution in [0, 0.1) is 13.8 Å². The fourth-order valence-corrected chi connectivity index (χ4v) is 2.88. The second kappa shape index (κ2) is 5.20. The Labute approximate surface area is 120 Å². The van der Waals surface area contributed by atoms with Crippen LogP contribution in [0.3, 0.4) is 0 Å². The first-order valence-electron chi connectivity index (χ1n) is 7.27. The zero-order valence-electron chi connectivity index (χ0n) is 12.4. The minimum absolute atomic E-state index is 0.353. The molecule has 2 heteroatoms. The number of aryl methyl sites for hydroxylation is 1. The minimum Gasteiger partial charge on any atom is -0.494 e. The van der Waals surface area contributed by atoms with Crippen molar-refractivity contribution in [3.8, 4) is 5.75 Å². The van der Waals surface area contributed by atoms with E-state index in [1.54, 1.807) is 0 Å². The maximum atomic E-state index is 5.60. The Bertz CT molecular complexity index is 633. The molecule has 0 spiro atoms. The first kappa shape index (κ1) is 13.0. The van der Waals surface area contributed by atoms with E-state index in [-0.39, 0.29) is 0 Å². The molecule has 1 aliphatic heterocycles. The molecule has 104 valence electrons. The monoisotopic (exact) mass is 267 g/mol. The summed E-state index contributed by atoms with van der Waals surface area (Å²) in [7, 11) is 0. The topological polar surface area (TPSA) is 21.3 Å². The van der Waals surface area contributed by atoms with Crippen LogP contribution < -0.4 is 10.1 Å². The van der Waals surface area contributed by atoms with E-state index < -0.39 is 0 Å². The van der Waals surface area contributed by atoms with Gasteiger partial charge in [-0.05, 0) is 61.6 Å². The molecule has 3 rings (SSSR count). The van der Waals surface area contributed by atoms with E-state index in [1.807, 2.05) is 13.0 Å². The Kier molecular flexibility index (Phi) is 3.39. The molecule has 1 aliphatic rings. The highest BCUT2D eigenvalue weighted by molar-refractivity contribution is 5.65. The highest BCUT2D eigenvalue weighted by Crippen LogP contribution is 2.38. The van der Waals surface area contributed by atoms with Crippen LogP contribution in [0.1, 0.15) is 35.2 Å². The highest BCUT2D eigenvalue weighted by Gasteiger charge is 2.24. The van der Waals surface area contributed by atoms with Crippen LogP contribution in [0.25, 0.3) is 0 Å². The number of anilines is 1. The second-order valence-corrected chi connectivity index (χ2v) is 5.45. The lowest BCUT2D eigenvalue weighted by Crippen LogP contribution is -2.06. The molecule has 0 aliphatic carbocycles. The summed E-state index contributed by atoms with van der Waals surface area (Å²) in [4.78, 5) is 0. The van der Waals surface area contributed by atoms with Crippen molar-refractivity contribution < 1.29 is 4.74 Å². The lowest BCUT2D eigenvalue weighted by atomic mass is 10.0. The third-order valence-corrected chi connectivity index (χ3v) is 4.14. The Hall–Kier alpha value is -1.96. The summed E-state index contributed by atoms with van der Waals surface area (Å²) in [6.45, 7) is 7.09. The van der Waals surface area contributed by atoms with Crippen LogP contribution in [0.4, 0.5) is 5.69 Å². The number of hydrogen-bond acceptors (Lipinski definition) is 2. The van der Waals surface area contributed by atoms with Gasteiger partial charge in [0.05, 0.1) is 12.6 Å². The summed E-state index contributed by atoms with van der Waals surface area (Å²) in [6.07, 6.45) is 1.05. The zero-order chi connectivity index (χ0) is 14.1. The van der Waals surface area contributed by atoms with Gasteiger partial charge in [-0.2, -0.15) is 0 Å². The molecule has 0 saturated heterocycles. The number of ether oxygens (including phenoxy) is 1. The summed E-state index contributed by atoms with van der Waals surface area (Å²) in [5.74, 6) is 0.954. The number of benzene rings is 2. The molecule has 0 aromatic heterocycles. The van der Waals surface area contributed by atoms with Gasteiger partial charge >= 0.3 is 0 Å². The molecule has 1 unspecified atom stereocenters. The van der Waals surface area contributed by atoms with E-state index in [0.29, 0.717) is 12.6 Å². The van der Waals surface area contributed by atoms with Gasteiger partial charge in [-0.15, -0.1) is 0 Å². The van der Waals surface area contributed by atoms with Crippen LogP contribution in [0.2, 0.25) is 0 Å². The van der Waals surface area contributed by atoms with Crippen LogP contribution in [-0.2, 0) is 6.42 Å². The molecule has 1 atom stereocenters. The number of rotatable bonds is 3. The van der Waals surface area contributed by atoms with Crippen LogP contribution >= 0.6 is 0 Å². The highest BCUT2D eigenvalue weighted by atomic mass is 16.5. The summed E-state index contributed by atoms with van der Waals surface area (Å²) in [5.41, 5.74) is 6.74. The molecule has 2 aromatic carbocycles.